The van der Waals surface area contributed by atoms with Crippen molar-refractivity contribution in [3.63, 3.8) is 0 Å². The monoisotopic (exact) mass is 297 g/mol. The van der Waals surface area contributed by atoms with Gasteiger partial charge in [0.25, 0.3) is 0 Å². The SMILES string of the molecule is CNc1nc(-c2csc3ccccc23)nc(C)c1C(C)C. The van der Waals surface area contributed by atoms with E-state index in [1.165, 1.54) is 15.6 Å². The Labute approximate surface area is 129 Å². The number of hydrogen-bond acceptors (Lipinski definition) is 4. The van der Waals surface area contributed by atoms with Crippen LogP contribution in [0.1, 0.15) is 31.0 Å². The molecule has 0 atom stereocenters. The van der Waals surface area contributed by atoms with Crippen molar-refractivity contribution in [2.45, 2.75) is 26.7 Å². The van der Waals surface area contributed by atoms with Crippen LogP contribution in [0, 0.1) is 6.92 Å². The van der Waals surface area contributed by atoms with Crippen molar-refractivity contribution >= 4 is 27.2 Å². The smallest absolute Gasteiger partial charge is 0.163 e. The molecule has 3 aromatic rings. The summed E-state index contributed by atoms with van der Waals surface area (Å²) in [6.07, 6.45) is 0. The second-order valence-electron chi connectivity index (χ2n) is 5.45. The molecule has 0 bridgehead atoms. The van der Waals surface area contributed by atoms with Crippen molar-refractivity contribution in [2.75, 3.05) is 12.4 Å². The van der Waals surface area contributed by atoms with E-state index in [-0.39, 0.29) is 0 Å². The summed E-state index contributed by atoms with van der Waals surface area (Å²) in [4.78, 5) is 9.50. The third-order valence-corrected chi connectivity index (χ3v) is 4.64. The van der Waals surface area contributed by atoms with Crippen LogP contribution in [0.3, 0.4) is 0 Å². The maximum absolute atomic E-state index is 4.75. The number of thiophene rings is 1. The molecule has 0 aliphatic heterocycles. The Morgan fingerprint density at radius 2 is 1.90 bits per heavy atom. The third-order valence-electron chi connectivity index (χ3n) is 3.67. The van der Waals surface area contributed by atoms with Crippen molar-refractivity contribution in [2.24, 2.45) is 0 Å². The van der Waals surface area contributed by atoms with E-state index in [0.29, 0.717) is 5.92 Å². The largest absolute Gasteiger partial charge is 0.373 e. The van der Waals surface area contributed by atoms with Crippen LogP contribution in [0.15, 0.2) is 29.6 Å². The number of anilines is 1. The number of hydrogen-bond donors (Lipinski definition) is 1. The average molecular weight is 297 g/mol. The van der Waals surface area contributed by atoms with E-state index in [1.54, 1.807) is 11.3 Å². The molecule has 3 nitrogen and oxygen atoms in total. The van der Waals surface area contributed by atoms with E-state index in [1.807, 2.05) is 7.05 Å². The molecule has 0 saturated carbocycles. The third kappa shape index (κ3) is 2.40. The topological polar surface area (TPSA) is 37.8 Å². The first-order valence-corrected chi connectivity index (χ1v) is 8.02. The normalized spacial score (nSPS) is 11.3. The number of benzene rings is 1. The number of aromatic nitrogens is 2. The minimum atomic E-state index is 0.403. The fourth-order valence-electron chi connectivity index (χ4n) is 2.73. The summed E-state index contributed by atoms with van der Waals surface area (Å²) >= 11 is 1.74. The van der Waals surface area contributed by atoms with Crippen molar-refractivity contribution in [1.29, 1.82) is 0 Å². The van der Waals surface area contributed by atoms with Crippen LogP contribution in [-0.2, 0) is 0 Å². The molecule has 2 heterocycles. The van der Waals surface area contributed by atoms with Crippen LogP contribution in [0.5, 0.6) is 0 Å². The molecule has 3 rings (SSSR count). The van der Waals surface area contributed by atoms with Crippen LogP contribution in [0.4, 0.5) is 5.82 Å². The summed E-state index contributed by atoms with van der Waals surface area (Å²) in [6, 6.07) is 8.40. The highest BCUT2D eigenvalue weighted by atomic mass is 32.1. The van der Waals surface area contributed by atoms with Crippen LogP contribution in [-0.4, -0.2) is 17.0 Å². The number of nitrogens with zero attached hydrogens (tertiary/aromatic N) is 2. The predicted octanol–water partition coefficient (Wildman–Crippen LogP) is 4.83. The maximum atomic E-state index is 4.75. The van der Waals surface area contributed by atoms with Gasteiger partial charge in [-0.2, -0.15) is 0 Å². The van der Waals surface area contributed by atoms with E-state index in [2.05, 4.69) is 55.7 Å². The quantitative estimate of drug-likeness (QED) is 0.752. The second kappa shape index (κ2) is 5.45. The van der Waals surface area contributed by atoms with Crippen molar-refractivity contribution in [1.82, 2.24) is 9.97 Å². The van der Waals surface area contributed by atoms with Crippen molar-refractivity contribution in [3.05, 3.63) is 40.9 Å². The highest BCUT2D eigenvalue weighted by Gasteiger charge is 2.16. The van der Waals surface area contributed by atoms with Gasteiger partial charge >= 0.3 is 0 Å². The Bertz CT molecular complexity index is 790. The van der Waals surface area contributed by atoms with Gasteiger partial charge in [0, 0.05) is 39.3 Å². The Balaban J connectivity index is 2.22. The van der Waals surface area contributed by atoms with Gasteiger partial charge < -0.3 is 5.32 Å². The van der Waals surface area contributed by atoms with Crippen LogP contribution >= 0.6 is 11.3 Å². The van der Waals surface area contributed by atoms with E-state index in [9.17, 15) is 0 Å². The highest BCUT2D eigenvalue weighted by Crippen LogP contribution is 2.34. The molecule has 0 aliphatic rings. The lowest BCUT2D eigenvalue weighted by Gasteiger charge is -2.15. The van der Waals surface area contributed by atoms with Gasteiger partial charge in [0.2, 0.25) is 0 Å². The molecule has 4 heteroatoms. The van der Waals surface area contributed by atoms with Gasteiger partial charge in [-0.3, -0.25) is 0 Å². The minimum Gasteiger partial charge on any atom is -0.373 e. The van der Waals surface area contributed by atoms with Gasteiger partial charge in [0.05, 0.1) is 0 Å². The summed E-state index contributed by atoms with van der Waals surface area (Å²) in [7, 11) is 1.92. The van der Waals surface area contributed by atoms with Gasteiger partial charge in [0.15, 0.2) is 5.82 Å². The summed E-state index contributed by atoms with van der Waals surface area (Å²) < 4.78 is 1.27. The Morgan fingerprint density at radius 1 is 1.14 bits per heavy atom. The molecule has 108 valence electrons. The van der Waals surface area contributed by atoms with Crippen LogP contribution in [0.25, 0.3) is 21.5 Å². The van der Waals surface area contributed by atoms with E-state index < -0.39 is 0 Å². The molecule has 0 fully saturated rings. The first kappa shape index (κ1) is 14.0. The molecule has 0 spiro atoms. The zero-order valence-electron chi connectivity index (χ0n) is 12.8. The average Bonchev–Trinajstić information content (AvgIpc) is 2.89. The Morgan fingerprint density at radius 3 is 2.62 bits per heavy atom. The van der Waals surface area contributed by atoms with Gasteiger partial charge in [-0.15, -0.1) is 11.3 Å². The van der Waals surface area contributed by atoms with Crippen molar-refractivity contribution < 1.29 is 0 Å². The van der Waals surface area contributed by atoms with Gasteiger partial charge in [-0.25, -0.2) is 9.97 Å². The van der Waals surface area contributed by atoms with Gasteiger partial charge in [-0.05, 0) is 18.9 Å². The van der Waals surface area contributed by atoms with Crippen LogP contribution < -0.4 is 5.32 Å². The standard InChI is InChI=1S/C17H19N3S/c1-10(2)15-11(3)19-16(20-17(15)18-4)13-9-21-14-8-6-5-7-12(13)14/h5-10H,1-4H3,(H,18,19,20). The molecule has 0 saturated heterocycles. The fraction of sp³-hybridized carbons (Fsp3) is 0.294. The zero-order valence-corrected chi connectivity index (χ0v) is 13.6. The van der Waals surface area contributed by atoms with Crippen molar-refractivity contribution in [3.8, 4) is 11.4 Å². The molecule has 0 radical (unpaired) electrons. The lowest BCUT2D eigenvalue weighted by Crippen LogP contribution is -2.06. The lowest BCUT2D eigenvalue weighted by atomic mass is 10.0. The molecular weight excluding hydrogens is 278 g/mol. The highest BCUT2D eigenvalue weighted by molar-refractivity contribution is 7.17. The molecule has 0 unspecified atom stereocenters. The number of rotatable bonds is 3. The maximum Gasteiger partial charge on any atom is 0.163 e. The summed E-state index contributed by atoms with van der Waals surface area (Å²) in [5.74, 6) is 2.14. The van der Waals surface area contributed by atoms with E-state index in [4.69, 9.17) is 9.97 Å². The van der Waals surface area contributed by atoms with E-state index in [0.717, 1.165) is 22.9 Å². The summed E-state index contributed by atoms with van der Waals surface area (Å²) in [5.41, 5.74) is 3.36. The Hall–Kier alpha value is -1.94. The first-order chi connectivity index (χ1) is 10.1. The van der Waals surface area contributed by atoms with Gasteiger partial charge in [-0.1, -0.05) is 32.0 Å². The molecule has 1 N–H and O–H groups in total. The fourth-order valence-corrected chi connectivity index (χ4v) is 3.67. The first-order valence-electron chi connectivity index (χ1n) is 7.14. The summed E-state index contributed by atoms with van der Waals surface area (Å²) in [5, 5.41) is 6.59. The molecule has 2 aromatic heterocycles. The van der Waals surface area contributed by atoms with Gasteiger partial charge in [0.1, 0.15) is 5.82 Å². The number of nitrogens with one attached hydrogen (secondary N) is 1. The zero-order chi connectivity index (χ0) is 15.0. The molecule has 21 heavy (non-hydrogen) atoms. The van der Waals surface area contributed by atoms with Crippen LogP contribution in [0.2, 0.25) is 0 Å². The molecular formula is C17H19N3S. The Kier molecular flexibility index (Phi) is 3.64. The second-order valence-corrected chi connectivity index (χ2v) is 6.36. The summed E-state index contributed by atoms with van der Waals surface area (Å²) in [6.45, 7) is 6.41. The predicted molar refractivity (Wildman–Crippen MR) is 91.2 cm³/mol. The minimum absolute atomic E-state index is 0.403. The lowest BCUT2D eigenvalue weighted by molar-refractivity contribution is 0.834. The molecule has 1 aromatic carbocycles. The molecule has 0 aliphatic carbocycles. The molecule has 0 amide bonds. The number of fused-ring (bicyclic) bond motifs is 1. The number of aryl methyl sites for hydroxylation is 1. The van der Waals surface area contributed by atoms with E-state index >= 15 is 0 Å².